The van der Waals surface area contributed by atoms with Crippen molar-refractivity contribution < 1.29 is 19.8 Å². The summed E-state index contributed by atoms with van der Waals surface area (Å²) >= 11 is 0. The fourth-order valence-electron chi connectivity index (χ4n) is 4.61. The van der Waals surface area contributed by atoms with Crippen LogP contribution in [0.4, 0.5) is 5.82 Å². The third kappa shape index (κ3) is 6.42. The summed E-state index contributed by atoms with van der Waals surface area (Å²) in [6, 6.07) is 6.87. The molecule has 1 unspecified atom stereocenters. The van der Waals surface area contributed by atoms with E-state index in [1.807, 2.05) is 18.6 Å². The maximum Gasteiger partial charge on any atom is 0.328 e. The van der Waals surface area contributed by atoms with Crippen molar-refractivity contribution in [3.05, 3.63) is 54.5 Å². The summed E-state index contributed by atoms with van der Waals surface area (Å²) in [5.41, 5.74) is 3.77. The molecule has 9 nitrogen and oxygen atoms in total. The number of aryl methyl sites for hydroxylation is 2. The lowest BCUT2D eigenvalue weighted by atomic mass is 10.0. The number of aliphatic carboxylic acids is 2. The van der Waals surface area contributed by atoms with Crippen LogP contribution in [0.25, 0.3) is 32.6 Å². The normalized spacial score (nSPS) is 12.3. The molecule has 3 aromatic heterocycles. The molecule has 1 atom stereocenters. The molecule has 1 aromatic carbocycles. The highest BCUT2D eigenvalue weighted by molar-refractivity contribution is 6.15. The number of benzene rings is 1. The molecule has 0 spiro atoms. The first kappa shape index (κ1) is 27.6. The van der Waals surface area contributed by atoms with Gasteiger partial charge in [-0.05, 0) is 62.5 Å². The molecule has 0 aliphatic heterocycles. The Morgan fingerprint density at radius 2 is 1.73 bits per heavy atom. The van der Waals surface area contributed by atoms with E-state index in [0.29, 0.717) is 18.2 Å². The van der Waals surface area contributed by atoms with E-state index in [9.17, 15) is 9.59 Å². The molecule has 0 saturated heterocycles. The zero-order valence-corrected chi connectivity index (χ0v) is 22.0. The highest BCUT2D eigenvalue weighted by atomic mass is 16.4. The average molecular weight is 506 g/mol. The lowest BCUT2D eigenvalue weighted by Gasteiger charge is -2.22. The SMILES string of the molecule is CCN(CC)CCC(C)Nc1nccc2c(C)c3c(cc12)c1cnccc1n3C.O=C(O)/C=C\C(=O)O. The molecule has 0 aliphatic rings. The van der Waals surface area contributed by atoms with E-state index in [1.54, 1.807) is 0 Å². The van der Waals surface area contributed by atoms with Gasteiger partial charge in [-0.1, -0.05) is 13.8 Å². The summed E-state index contributed by atoms with van der Waals surface area (Å²) < 4.78 is 2.28. The maximum atomic E-state index is 9.55. The van der Waals surface area contributed by atoms with Crippen molar-refractivity contribution >= 4 is 50.3 Å². The molecule has 3 heterocycles. The van der Waals surface area contributed by atoms with Gasteiger partial charge in [0.2, 0.25) is 0 Å². The Kier molecular flexibility index (Phi) is 9.19. The Morgan fingerprint density at radius 1 is 1.05 bits per heavy atom. The van der Waals surface area contributed by atoms with Crippen molar-refractivity contribution in [3.8, 4) is 0 Å². The van der Waals surface area contributed by atoms with E-state index >= 15 is 0 Å². The Labute approximate surface area is 216 Å². The second-order valence-electron chi connectivity index (χ2n) is 8.98. The van der Waals surface area contributed by atoms with Gasteiger partial charge in [-0.15, -0.1) is 0 Å². The molecular weight excluding hydrogens is 470 g/mol. The third-order valence-electron chi connectivity index (χ3n) is 6.60. The molecule has 37 heavy (non-hydrogen) atoms. The summed E-state index contributed by atoms with van der Waals surface area (Å²) in [6.07, 6.45) is 7.97. The molecule has 196 valence electrons. The number of rotatable bonds is 9. The second kappa shape index (κ2) is 12.3. The number of fused-ring (bicyclic) bond motifs is 4. The van der Waals surface area contributed by atoms with Crippen LogP contribution in [-0.4, -0.2) is 67.3 Å². The van der Waals surface area contributed by atoms with Gasteiger partial charge in [-0.2, -0.15) is 0 Å². The van der Waals surface area contributed by atoms with Crippen molar-refractivity contribution in [2.75, 3.05) is 25.0 Å². The second-order valence-corrected chi connectivity index (χ2v) is 8.98. The molecule has 0 amide bonds. The number of carboxylic acid groups (broad SMARTS) is 2. The summed E-state index contributed by atoms with van der Waals surface area (Å²) in [4.78, 5) is 30.6. The summed E-state index contributed by atoms with van der Waals surface area (Å²) in [7, 11) is 2.14. The first-order valence-corrected chi connectivity index (χ1v) is 12.4. The van der Waals surface area contributed by atoms with Crippen molar-refractivity contribution in [1.29, 1.82) is 0 Å². The van der Waals surface area contributed by atoms with Crippen LogP contribution in [0, 0.1) is 6.92 Å². The fourth-order valence-corrected chi connectivity index (χ4v) is 4.61. The van der Waals surface area contributed by atoms with Crippen molar-refractivity contribution in [2.45, 2.75) is 40.2 Å². The lowest BCUT2D eigenvalue weighted by Crippen LogP contribution is -2.28. The molecule has 4 aromatic rings. The van der Waals surface area contributed by atoms with E-state index in [2.05, 4.69) is 72.7 Å². The van der Waals surface area contributed by atoms with Crippen molar-refractivity contribution in [1.82, 2.24) is 19.4 Å². The highest BCUT2D eigenvalue weighted by Crippen LogP contribution is 2.36. The number of carboxylic acids is 2. The molecule has 0 fully saturated rings. The van der Waals surface area contributed by atoms with E-state index in [0.717, 1.165) is 31.9 Å². The first-order valence-electron chi connectivity index (χ1n) is 12.4. The van der Waals surface area contributed by atoms with Gasteiger partial charge in [0.1, 0.15) is 5.82 Å². The standard InChI is InChI=1S/C24H31N5.C4H4O4/c1-6-29(7-2)13-10-16(3)27-24-20-14-19-21-15-25-11-9-22(21)28(5)23(19)17(4)18(20)8-12-26-24;5-3(6)1-2-4(7)8/h8-9,11-12,14-16H,6-7,10,13H2,1-5H3,(H,26,27);1-2H,(H,5,6)(H,7,8)/b;2-1-. The predicted octanol–water partition coefficient (Wildman–Crippen LogP) is 4.83. The minimum absolute atomic E-state index is 0.360. The zero-order chi connectivity index (χ0) is 27.1. The molecule has 0 radical (unpaired) electrons. The van der Waals surface area contributed by atoms with Crippen LogP contribution in [0.1, 0.15) is 32.8 Å². The van der Waals surface area contributed by atoms with Gasteiger partial charge >= 0.3 is 11.9 Å². The van der Waals surface area contributed by atoms with Gasteiger partial charge in [0.05, 0.1) is 11.0 Å². The molecule has 0 saturated carbocycles. The van der Waals surface area contributed by atoms with Gasteiger partial charge in [-0.3, -0.25) is 4.98 Å². The number of hydrogen-bond acceptors (Lipinski definition) is 6. The van der Waals surface area contributed by atoms with Crippen LogP contribution >= 0.6 is 0 Å². The maximum absolute atomic E-state index is 9.55. The number of carbonyl (C=O) groups is 2. The third-order valence-corrected chi connectivity index (χ3v) is 6.60. The molecule has 9 heteroatoms. The minimum atomic E-state index is -1.26. The zero-order valence-electron chi connectivity index (χ0n) is 22.0. The van der Waals surface area contributed by atoms with Gasteiger partial charge in [0.15, 0.2) is 0 Å². The predicted molar refractivity (Wildman–Crippen MR) is 148 cm³/mol. The van der Waals surface area contributed by atoms with Gasteiger partial charge < -0.3 is 25.0 Å². The molecular formula is C28H35N5O4. The molecule has 0 bridgehead atoms. The van der Waals surface area contributed by atoms with E-state index in [-0.39, 0.29) is 0 Å². The Hall–Kier alpha value is -3.98. The quantitative estimate of drug-likeness (QED) is 0.277. The number of nitrogens with one attached hydrogen (secondary N) is 1. The Balaban J connectivity index is 0.000000414. The summed E-state index contributed by atoms with van der Waals surface area (Å²) in [5, 5.41) is 24.2. The summed E-state index contributed by atoms with van der Waals surface area (Å²) in [6.45, 7) is 12.2. The number of aromatic nitrogens is 3. The monoisotopic (exact) mass is 505 g/mol. The number of anilines is 1. The summed E-state index contributed by atoms with van der Waals surface area (Å²) in [5.74, 6) is -1.54. The Morgan fingerprint density at radius 3 is 2.35 bits per heavy atom. The Bertz CT molecular complexity index is 1420. The largest absolute Gasteiger partial charge is 0.478 e. The van der Waals surface area contributed by atoms with Crippen LogP contribution in [0.5, 0.6) is 0 Å². The van der Waals surface area contributed by atoms with Gasteiger partial charge in [0.25, 0.3) is 0 Å². The fraction of sp³-hybridized carbons (Fsp3) is 0.357. The van der Waals surface area contributed by atoms with E-state index < -0.39 is 11.9 Å². The van der Waals surface area contributed by atoms with Crippen LogP contribution < -0.4 is 5.32 Å². The van der Waals surface area contributed by atoms with Crippen LogP contribution in [-0.2, 0) is 16.6 Å². The van der Waals surface area contributed by atoms with Gasteiger partial charge in [0, 0.05) is 66.5 Å². The molecule has 4 rings (SSSR count). The van der Waals surface area contributed by atoms with Crippen LogP contribution in [0.3, 0.4) is 0 Å². The van der Waals surface area contributed by atoms with Crippen LogP contribution in [0.15, 0.2) is 48.9 Å². The topological polar surface area (TPSA) is 121 Å². The number of nitrogens with zero attached hydrogens (tertiary/aromatic N) is 4. The first-order chi connectivity index (χ1) is 17.7. The molecule has 0 aliphatic carbocycles. The van der Waals surface area contributed by atoms with Gasteiger partial charge in [-0.25, -0.2) is 14.6 Å². The number of pyridine rings is 2. The minimum Gasteiger partial charge on any atom is -0.478 e. The van der Waals surface area contributed by atoms with E-state index in [1.165, 1.54) is 38.1 Å². The average Bonchev–Trinajstić information content (AvgIpc) is 3.16. The number of hydrogen-bond donors (Lipinski definition) is 3. The molecule has 3 N–H and O–H groups in total. The van der Waals surface area contributed by atoms with E-state index in [4.69, 9.17) is 15.2 Å². The van der Waals surface area contributed by atoms with Crippen LogP contribution in [0.2, 0.25) is 0 Å². The highest BCUT2D eigenvalue weighted by Gasteiger charge is 2.16. The van der Waals surface area contributed by atoms with Crippen molar-refractivity contribution in [3.63, 3.8) is 0 Å². The van der Waals surface area contributed by atoms with Crippen molar-refractivity contribution in [2.24, 2.45) is 7.05 Å². The lowest BCUT2D eigenvalue weighted by molar-refractivity contribution is -0.134. The smallest absolute Gasteiger partial charge is 0.328 e.